The van der Waals surface area contributed by atoms with E-state index in [0.717, 1.165) is 17.5 Å². The van der Waals surface area contributed by atoms with Gasteiger partial charge in [-0.2, -0.15) is 4.37 Å². The highest BCUT2D eigenvalue weighted by molar-refractivity contribution is 7.04. The van der Waals surface area contributed by atoms with Gasteiger partial charge in [0.1, 0.15) is 5.69 Å². The monoisotopic (exact) mass is 321 g/mol. The maximum Gasteiger partial charge on any atom is 0.267 e. The molecule has 7 heteroatoms. The Balaban J connectivity index is 2.01. The van der Waals surface area contributed by atoms with Gasteiger partial charge in [0, 0.05) is 17.1 Å². The highest BCUT2D eigenvalue weighted by atomic mass is 32.1. The Morgan fingerprint density at radius 3 is 2.82 bits per heavy atom. The second-order valence-electron chi connectivity index (χ2n) is 5.59. The van der Waals surface area contributed by atoms with Crippen LogP contribution in [0, 0.1) is 0 Å². The standard InChI is InChI=1S/C15H19N3O3S/c1-15(2,20)6-3-7-21-14-11(9-22-18-14)10-4-5-12(13(16)19)17-8-10/h4-5,8-9,20H,3,6-7H2,1-2H3,(H2,16,19). The van der Waals surface area contributed by atoms with Crippen molar-refractivity contribution in [3.8, 4) is 17.0 Å². The molecule has 0 atom stereocenters. The van der Waals surface area contributed by atoms with E-state index < -0.39 is 11.5 Å². The average molecular weight is 321 g/mol. The van der Waals surface area contributed by atoms with Crippen molar-refractivity contribution in [1.82, 2.24) is 9.36 Å². The van der Waals surface area contributed by atoms with Gasteiger partial charge in [0.25, 0.3) is 5.91 Å². The van der Waals surface area contributed by atoms with E-state index in [1.165, 1.54) is 11.5 Å². The van der Waals surface area contributed by atoms with Gasteiger partial charge < -0.3 is 15.6 Å². The van der Waals surface area contributed by atoms with Crippen molar-refractivity contribution < 1.29 is 14.6 Å². The molecule has 0 aliphatic carbocycles. The van der Waals surface area contributed by atoms with Gasteiger partial charge in [-0.3, -0.25) is 9.78 Å². The summed E-state index contributed by atoms with van der Waals surface area (Å²) in [5, 5.41) is 11.5. The largest absolute Gasteiger partial charge is 0.477 e. The summed E-state index contributed by atoms with van der Waals surface area (Å²) in [6.45, 7) is 4.02. The van der Waals surface area contributed by atoms with Crippen molar-refractivity contribution in [2.45, 2.75) is 32.3 Å². The van der Waals surface area contributed by atoms with E-state index in [9.17, 15) is 9.90 Å². The fraction of sp³-hybridized carbons (Fsp3) is 0.400. The summed E-state index contributed by atoms with van der Waals surface area (Å²) >= 11 is 1.29. The highest BCUT2D eigenvalue weighted by Crippen LogP contribution is 2.30. The molecule has 2 heterocycles. The number of hydrogen-bond donors (Lipinski definition) is 2. The molecule has 0 saturated carbocycles. The Kier molecular flexibility index (Phi) is 5.10. The molecule has 0 aliphatic rings. The van der Waals surface area contributed by atoms with Crippen molar-refractivity contribution in [2.24, 2.45) is 5.73 Å². The molecule has 118 valence electrons. The second-order valence-corrected chi connectivity index (χ2v) is 6.22. The van der Waals surface area contributed by atoms with Gasteiger partial charge in [-0.15, -0.1) is 0 Å². The SMILES string of the molecule is CC(C)(O)CCCOc1nscc1-c1ccc(C(N)=O)nc1. The summed E-state index contributed by atoms with van der Waals surface area (Å²) < 4.78 is 9.90. The molecule has 0 unspecified atom stereocenters. The van der Waals surface area contributed by atoms with E-state index in [-0.39, 0.29) is 5.69 Å². The number of pyridine rings is 1. The van der Waals surface area contributed by atoms with Crippen LogP contribution in [0.25, 0.3) is 11.1 Å². The number of carbonyl (C=O) groups excluding carboxylic acids is 1. The third kappa shape index (κ3) is 4.51. The quantitative estimate of drug-likeness (QED) is 0.762. The predicted octanol–water partition coefficient (Wildman–Crippen LogP) is 2.23. The first-order chi connectivity index (χ1) is 10.4. The molecule has 0 bridgehead atoms. The topological polar surface area (TPSA) is 98.3 Å². The zero-order chi connectivity index (χ0) is 16.2. The lowest BCUT2D eigenvalue weighted by Crippen LogP contribution is -2.19. The van der Waals surface area contributed by atoms with E-state index in [1.54, 1.807) is 32.2 Å². The summed E-state index contributed by atoms with van der Waals surface area (Å²) in [5.74, 6) is -0.0209. The minimum atomic E-state index is -0.692. The lowest BCUT2D eigenvalue weighted by atomic mass is 10.0. The highest BCUT2D eigenvalue weighted by Gasteiger charge is 2.14. The number of aromatic nitrogens is 2. The maximum absolute atomic E-state index is 11.0. The van der Waals surface area contributed by atoms with Crippen LogP contribution in [0.5, 0.6) is 5.88 Å². The smallest absolute Gasteiger partial charge is 0.267 e. The van der Waals surface area contributed by atoms with Crippen LogP contribution < -0.4 is 10.5 Å². The number of hydrogen-bond acceptors (Lipinski definition) is 6. The number of ether oxygens (including phenoxy) is 1. The van der Waals surface area contributed by atoms with Gasteiger partial charge in [-0.1, -0.05) is 6.07 Å². The summed E-state index contributed by atoms with van der Waals surface area (Å²) in [6, 6.07) is 3.34. The number of aliphatic hydroxyl groups is 1. The third-order valence-corrected chi connectivity index (χ3v) is 3.65. The van der Waals surface area contributed by atoms with Crippen molar-refractivity contribution >= 4 is 17.4 Å². The lowest BCUT2D eigenvalue weighted by Gasteiger charge is -2.16. The molecule has 1 amide bonds. The van der Waals surface area contributed by atoms with Crippen molar-refractivity contribution in [2.75, 3.05) is 6.61 Å². The van der Waals surface area contributed by atoms with Gasteiger partial charge in [0.2, 0.25) is 5.88 Å². The van der Waals surface area contributed by atoms with Gasteiger partial charge in [0.15, 0.2) is 0 Å². The predicted molar refractivity (Wildman–Crippen MR) is 84.9 cm³/mol. The average Bonchev–Trinajstić information content (AvgIpc) is 2.91. The molecule has 22 heavy (non-hydrogen) atoms. The minimum Gasteiger partial charge on any atom is -0.477 e. The van der Waals surface area contributed by atoms with E-state index in [1.807, 2.05) is 5.38 Å². The first-order valence-electron chi connectivity index (χ1n) is 6.92. The van der Waals surface area contributed by atoms with E-state index in [2.05, 4.69) is 9.36 Å². The normalized spacial score (nSPS) is 11.4. The molecule has 0 fully saturated rings. The zero-order valence-electron chi connectivity index (χ0n) is 12.6. The molecule has 6 nitrogen and oxygen atoms in total. The minimum absolute atomic E-state index is 0.222. The van der Waals surface area contributed by atoms with E-state index in [0.29, 0.717) is 18.9 Å². The summed E-state index contributed by atoms with van der Waals surface area (Å²) in [5.41, 5.74) is 6.35. The molecule has 0 saturated heterocycles. The van der Waals surface area contributed by atoms with E-state index >= 15 is 0 Å². The molecule has 2 aromatic rings. The van der Waals surface area contributed by atoms with Crippen molar-refractivity contribution in [3.63, 3.8) is 0 Å². The molecular formula is C15H19N3O3S. The number of carbonyl (C=O) groups is 1. The van der Waals surface area contributed by atoms with Crippen molar-refractivity contribution in [1.29, 1.82) is 0 Å². The molecule has 2 aromatic heterocycles. The van der Waals surface area contributed by atoms with Crippen molar-refractivity contribution in [3.05, 3.63) is 29.4 Å². The summed E-state index contributed by atoms with van der Waals surface area (Å²) in [6.07, 6.45) is 2.97. The fourth-order valence-electron chi connectivity index (χ4n) is 1.89. The summed E-state index contributed by atoms with van der Waals surface area (Å²) in [4.78, 5) is 15.0. The fourth-order valence-corrected chi connectivity index (χ4v) is 2.54. The van der Waals surface area contributed by atoms with Crippen LogP contribution in [0.1, 0.15) is 37.2 Å². The second kappa shape index (κ2) is 6.85. The van der Waals surface area contributed by atoms with Gasteiger partial charge >= 0.3 is 0 Å². The molecule has 0 aliphatic heterocycles. The molecule has 3 N–H and O–H groups in total. The Labute approximate surface area is 133 Å². The Morgan fingerprint density at radius 2 is 2.23 bits per heavy atom. The maximum atomic E-state index is 11.0. The molecule has 0 radical (unpaired) electrons. The first-order valence-corrected chi connectivity index (χ1v) is 7.76. The molecule has 0 aromatic carbocycles. The zero-order valence-corrected chi connectivity index (χ0v) is 13.4. The van der Waals surface area contributed by atoms with Crippen LogP contribution in [0.3, 0.4) is 0 Å². The van der Waals surface area contributed by atoms with Crippen LogP contribution in [0.4, 0.5) is 0 Å². The lowest BCUT2D eigenvalue weighted by molar-refractivity contribution is 0.0640. The third-order valence-electron chi connectivity index (χ3n) is 3.04. The van der Waals surface area contributed by atoms with Gasteiger partial charge in [0.05, 0.1) is 17.8 Å². The van der Waals surface area contributed by atoms with Crippen LogP contribution in [-0.4, -0.2) is 32.6 Å². The Hall–Kier alpha value is -1.99. The van der Waals surface area contributed by atoms with Crippen LogP contribution in [0.2, 0.25) is 0 Å². The van der Waals surface area contributed by atoms with Crippen LogP contribution >= 0.6 is 11.5 Å². The van der Waals surface area contributed by atoms with Gasteiger partial charge in [-0.25, -0.2) is 0 Å². The number of amides is 1. The molecule has 2 rings (SSSR count). The number of rotatable bonds is 7. The van der Waals surface area contributed by atoms with Crippen LogP contribution in [0.15, 0.2) is 23.7 Å². The number of nitrogens with zero attached hydrogens (tertiary/aromatic N) is 2. The Morgan fingerprint density at radius 1 is 1.45 bits per heavy atom. The first kappa shape index (κ1) is 16.4. The molecular weight excluding hydrogens is 302 g/mol. The van der Waals surface area contributed by atoms with E-state index in [4.69, 9.17) is 10.5 Å². The number of primary amides is 1. The number of nitrogens with two attached hydrogens (primary N) is 1. The van der Waals surface area contributed by atoms with Crippen LogP contribution in [-0.2, 0) is 0 Å². The molecule has 0 spiro atoms. The summed E-state index contributed by atoms with van der Waals surface area (Å²) in [7, 11) is 0. The Bertz CT molecular complexity index is 632. The van der Waals surface area contributed by atoms with Gasteiger partial charge in [-0.05, 0) is 44.3 Å².